The van der Waals surface area contributed by atoms with Crippen molar-refractivity contribution in [1.29, 1.82) is 0 Å². The zero-order valence-corrected chi connectivity index (χ0v) is 14.7. The lowest BCUT2D eigenvalue weighted by Crippen LogP contribution is -2.09. The first-order valence-corrected chi connectivity index (χ1v) is 9.34. The number of hydrogen-bond acceptors (Lipinski definition) is 6. The van der Waals surface area contributed by atoms with Crippen LogP contribution in [0.3, 0.4) is 0 Å². The molecule has 1 amide bonds. The number of nitrogens with zero attached hydrogens (tertiary/aromatic N) is 2. The topological polar surface area (TPSA) is 85.1 Å². The van der Waals surface area contributed by atoms with Crippen LogP contribution >= 0.6 is 22.7 Å². The molecule has 0 spiro atoms. The highest BCUT2D eigenvalue weighted by atomic mass is 32.1. The maximum atomic E-state index is 12.4. The number of thiophene rings is 1. The van der Waals surface area contributed by atoms with Gasteiger partial charge in [0.1, 0.15) is 0 Å². The molecule has 0 saturated heterocycles. The number of amides is 1. The summed E-state index contributed by atoms with van der Waals surface area (Å²) in [6.07, 6.45) is 0. The summed E-state index contributed by atoms with van der Waals surface area (Å²) < 4.78 is 0. The van der Waals surface area contributed by atoms with E-state index in [1.807, 2.05) is 18.2 Å². The van der Waals surface area contributed by atoms with Crippen LogP contribution in [-0.2, 0) is 0 Å². The molecule has 0 aliphatic heterocycles. The number of benzene rings is 2. The second kappa shape index (κ2) is 5.45. The van der Waals surface area contributed by atoms with E-state index in [0.717, 1.165) is 33.0 Å². The molecule has 6 nitrogen and oxygen atoms in total. The molecule has 1 aliphatic carbocycles. The van der Waals surface area contributed by atoms with Crippen LogP contribution in [0.4, 0.5) is 10.1 Å². The van der Waals surface area contributed by atoms with Gasteiger partial charge in [0.05, 0.1) is 20.4 Å². The van der Waals surface area contributed by atoms with Gasteiger partial charge in [0.2, 0.25) is 0 Å². The smallest absolute Gasteiger partial charge is 0.297 e. The van der Waals surface area contributed by atoms with Gasteiger partial charge in [-0.1, -0.05) is 59.1 Å². The molecule has 0 fully saturated rings. The van der Waals surface area contributed by atoms with Crippen molar-refractivity contribution >= 4 is 49.5 Å². The minimum atomic E-state index is -0.503. The Morgan fingerprint density at radius 3 is 2.54 bits per heavy atom. The normalized spacial score (nSPS) is 11.5. The van der Waals surface area contributed by atoms with E-state index in [1.165, 1.54) is 34.2 Å². The summed E-state index contributed by atoms with van der Waals surface area (Å²) >= 11 is 2.26. The highest BCUT2D eigenvalue weighted by Crippen LogP contribution is 2.50. The number of carbonyl (C=O) groups is 1. The number of aromatic nitrogens is 1. The first-order chi connectivity index (χ1) is 12.6. The lowest BCUT2D eigenvalue weighted by atomic mass is 10.0. The quantitative estimate of drug-likeness (QED) is 0.346. The molecule has 1 aliphatic rings. The van der Waals surface area contributed by atoms with Crippen molar-refractivity contribution in [3.63, 3.8) is 0 Å². The lowest BCUT2D eigenvalue weighted by Gasteiger charge is -2.02. The Morgan fingerprint density at radius 2 is 1.81 bits per heavy atom. The average molecular weight is 379 g/mol. The van der Waals surface area contributed by atoms with Gasteiger partial charge < -0.3 is 0 Å². The van der Waals surface area contributed by atoms with Gasteiger partial charge in [-0.2, -0.15) is 0 Å². The van der Waals surface area contributed by atoms with Crippen molar-refractivity contribution in [2.24, 2.45) is 0 Å². The van der Waals surface area contributed by atoms with Gasteiger partial charge in [-0.3, -0.25) is 20.2 Å². The Morgan fingerprint density at radius 1 is 1.04 bits per heavy atom. The minimum Gasteiger partial charge on any atom is -0.297 e. The van der Waals surface area contributed by atoms with E-state index >= 15 is 0 Å². The fourth-order valence-electron chi connectivity index (χ4n) is 3.17. The number of nitro groups is 1. The summed E-state index contributed by atoms with van der Waals surface area (Å²) in [6, 6.07) is 15.0. The van der Waals surface area contributed by atoms with Crippen LogP contribution in [0.2, 0.25) is 0 Å². The SMILES string of the molecule is O=C(Nc1nc2c(s1)-c1cccc3cccc-2c13)c1ccc([N+](=O)[O-])s1. The molecule has 0 saturated carbocycles. The number of nitrogens with one attached hydrogen (secondary N) is 1. The van der Waals surface area contributed by atoms with E-state index in [9.17, 15) is 14.9 Å². The minimum absolute atomic E-state index is 0.0580. The van der Waals surface area contributed by atoms with Crippen molar-refractivity contribution < 1.29 is 9.72 Å². The molecule has 0 atom stereocenters. The second-order valence-electron chi connectivity index (χ2n) is 5.76. The highest BCUT2D eigenvalue weighted by molar-refractivity contribution is 7.20. The Bertz CT molecular complexity index is 1170. The van der Waals surface area contributed by atoms with E-state index in [-0.39, 0.29) is 15.8 Å². The van der Waals surface area contributed by atoms with Crippen LogP contribution in [0.25, 0.3) is 32.5 Å². The second-order valence-corrected chi connectivity index (χ2v) is 7.82. The van der Waals surface area contributed by atoms with Crippen LogP contribution < -0.4 is 5.32 Å². The molecule has 0 bridgehead atoms. The van der Waals surface area contributed by atoms with E-state index in [4.69, 9.17) is 0 Å². The Hall–Kier alpha value is -3.10. The molecule has 2 aromatic heterocycles. The third kappa shape index (κ3) is 2.16. The number of thiazole rings is 1. The molecule has 0 unspecified atom stereocenters. The van der Waals surface area contributed by atoms with Crippen LogP contribution in [0.5, 0.6) is 0 Å². The summed E-state index contributed by atoms with van der Waals surface area (Å²) in [7, 11) is 0. The van der Waals surface area contributed by atoms with E-state index in [2.05, 4.69) is 28.5 Å². The molecule has 26 heavy (non-hydrogen) atoms. The molecule has 8 heteroatoms. The molecule has 5 rings (SSSR count). The molecule has 4 aromatic rings. The van der Waals surface area contributed by atoms with Crippen molar-refractivity contribution in [3.05, 3.63) is 63.5 Å². The summed E-state index contributed by atoms with van der Waals surface area (Å²) in [5.41, 5.74) is 3.06. The molecular formula is C18H9N3O3S2. The molecule has 126 valence electrons. The average Bonchev–Trinajstić information content (AvgIpc) is 3.33. The fourth-order valence-corrected chi connectivity index (χ4v) is 4.89. The lowest BCUT2D eigenvalue weighted by molar-refractivity contribution is -0.380. The van der Waals surface area contributed by atoms with Gasteiger partial charge in [-0.25, -0.2) is 4.98 Å². The fraction of sp³-hybridized carbons (Fsp3) is 0. The van der Waals surface area contributed by atoms with Gasteiger partial charge >= 0.3 is 5.00 Å². The highest BCUT2D eigenvalue weighted by Gasteiger charge is 2.26. The zero-order chi connectivity index (χ0) is 17.8. The van der Waals surface area contributed by atoms with Gasteiger partial charge in [0.15, 0.2) is 5.13 Å². The summed E-state index contributed by atoms with van der Waals surface area (Å²) in [4.78, 5) is 28.5. The van der Waals surface area contributed by atoms with Crippen LogP contribution in [-0.4, -0.2) is 15.8 Å². The predicted molar refractivity (Wildman–Crippen MR) is 103 cm³/mol. The first kappa shape index (κ1) is 15.2. The molecule has 1 N–H and O–H groups in total. The molecule has 2 heterocycles. The number of rotatable bonds is 3. The zero-order valence-electron chi connectivity index (χ0n) is 13.1. The molecule has 2 aromatic carbocycles. The summed E-state index contributed by atoms with van der Waals surface area (Å²) in [6.45, 7) is 0. The summed E-state index contributed by atoms with van der Waals surface area (Å²) in [5.74, 6) is -0.387. The standard InChI is InChI=1S/C18H9N3O3S2/c22-17(12-7-8-13(25-12)21(23)24)20-18-19-15-10-5-1-3-9-4-2-6-11(14(9)10)16(15)26-18/h1-8H,(H,19,20,22). The van der Waals surface area contributed by atoms with Crippen LogP contribution in [0.15, 0.2) is 48.5 Å². The molecule has 0 radical (unpaired) electrons. The monoisotopic (exact) mass is 379 g/mol. The van der Waals surface area contributed by atoms with Crippen molar-refractivity contribution in [2.45, 2.75) is 0 Å². The number of carbonyl (C=O) groups excluding carboxylic acids is 1. The summed E-state index contributed by atoms with van der Waals surface area (Å²) in [5, 5.41) is 16.3. The van der Waals surface area contributed by atoms with Gasteiger partial charge in [0, 0.05) is 17.2 Å². The van der Waals surface area contributed by atoms with E-state index in [1.54, 1.807) is 0 Å². The van der Waals surface area contributed by atoms with E-state index in [0.29, 0.717) is 5.13 Å². The van der Waals surface area contributed by atoms with Crippen molar-refractivity contribution in [2.75, 3.05) is 5.32 Å². The van der Waals surface area contributed by atoms with Crippen molar-refractivity contribution in [1.82, 2.24) is 4.98 Å². The third-order valence-electron chi connectivity index (χ3n) is 4.25. The maximum Gasteiger partial charge on any atom is 0.324 e. The number of fused-ring (bicyclic) bond motifs is 3. The maximum absolute atomic E-state index is 12.4. The Balaban J connectivity index is 1.50. The Kier molecular flexibility index (Phi) is 3.18. The first-order valence-electron chi connectivity index (χ1n) is 7.71. The van der Waals surface area contributed by atoms with Gasteiger partial charge in [-0.05, 0) is 16.8 Å². The number of anilines is 1. The Labute approximate surface area is 154 Å². The van der Waals surface area contributed by atoms with Gasteiger partial charge in [-0.15, -0.1) is 0 Å². The predicted octanol–water partition coefficient (Wildman–Crippen LogP) is 5.17. The number of hydrogen-bond donors (Lipinski definition) is 1. The molecular weight excluding hydrogens is 370 g/mol. The third-order valence-corrected chi connectivity index (χ3v) is 6.29. The largest absolute Gasteiger partial charge is 0.324 e. The van der Waals surface area contributed by atoms with Crippen molar-refractivity contribution in [3.8, 4) is 21.7 Å². The van der Waals surface area contributed by atoms with Gasteiger partial charge in [0.25, 0.3) is 5.91 Å². The van der Waals surface area contributed by atoms with Crippen LogP contribution in [0.1, 0.15) is 9.67 Å². The van der Waals surface area contributed by atoms with Crippen LogP contribution in [0, 0.1) is 10.1 Å². The van der Waals surface area contributed by atoms with E-state index < -0.39 is 4.92 Å².